The fraction of sp³-hybridized carbons (Fsp3) is 0.0833. The van der Waals surface area contributed by atoms with Crippen LogP contribution in [0, 0.1) is 27.7 Å². The highest BCUT2D eigenvalue weighted by molar-refractivity contribution is 7.27. The van der Waals surface area contributed by atoms with E-state index in [0.717, 1.165) is 11.4 Å². The van der Waals surface area contributed by atoms with Crippen LogP contribution in [0.3, 0.4) is 0 Å². The minimum absolute atomic E-state index is 1.16. The lowest BCUT2D eigenvalue weighted by molar-refractivity contribution is 1.25. The highest BCUT2D eigenvalue weighted by atomic mass is 32.1. The molecule has 0 unspecified atom stereocenters. The van der Waals surface area contributed by atoms with Gasteiger partial charge in [0, 0.05) is 64.5 Å². The van der Waals surface area contributed by atoms with Crippen LogP contribution in [0.4, 0.5) is 34.1 Å². The average molecular weight is 675 g/mol. The molecule has 0 spiro atoms. The van der Waals surface area contributed by atoms with Gasteiger partial charge >= 0.3 is 0 Å². The van der Waals surface area contributed by atoms with Crippen LogP contribution in [-0.2, 0) is 0 Å². The van der Waals surface area contributed by atoms with E-state index in [9.17, 15) is 0 Å². The molecule has 0 fully saturated rings. The van der Waals surface area contributed by atoms with E-state index in [0.29, 0.717) is 0 Å². The van der Waals surface area contributed by atoms with Crippen LogP contribution in [-0.4, -0.2) is 0 Å². The molecule has 2 nitrogen and oxygen atoms in total. The van der Waals surface area contributed by atoms with E-state index in [-0.39, 0.29) is 0 Å². The van der Waals surface area contributed by atoms with Gasteiger partial charge in [0.25, 0.3) is 0 Å². The Morgan fingerprint density at radius 2 is 0.725 bits per heavy atom. The number of para-hydroxylation sites is 2. The summed E-state index contributed by atoms with van der Waals surface area (Å²) in [6.07, 6.45) is 0. The number of hydrogen-bond donors (Lipinski definition) is 0. The minimum atomic E-state index is 1.16. The third kappa shape index (κ3) is 5.24. The SMILES string of the molecule is Cc1cccc(N(c2ccccc2C)c2cc3c4cc(N(c5cccc(C)c5)c5ccccc5C)c5ccccc5c4sc3c3ccccc23)c1. The fourth-order valence-electron chi connectivity index (χ4n) is 7.73. The van der Waals surface area contributed by atoms with Gasteiger partial charge in [-0.15, -0.1) is 11.3 Å². The number of aryl methyl sites for hydroxylation is 4. The van der Waals surface area contributed by atoms with E-state index in [2.05, 4.69) is 195 Å². The van der Waals surface area contributed by atoms with Crippen molar-refractivity contribution in [2.24, 2.45) is 0 Å². The van der Waals surface area contributed by atoms with Gasteiger partial charge in [0.05, 0.1) is 11.4 Å². The molecule has 0 amide bonds. The molecule has 9 aromatic rings. The molecule has 8 aromatic carbocycles. The Balaban J connectivity index is 1.41. The standard InChI is InChI=1S/C48H38N2S/c1-31-15-13-19-35(27-31)49(43-25-11-5-17-33(43)3)45-29-41-42-30-46(50(36-20-14-16-32(2)28-36)44-26-12-6-18-34(44)4)38-22-8-10-24-40(38)48(42)51-47(41)39-23-9-7-21-37(39)45/h5-30H,1-4H3. The highest BCUT2D eigenvalue weighted by Crippen LogP contribution is 2.51. The van der Waals surface area contributed by atoms with Crippen molar-refractivity contribution in [1.82, 2.24) is 0 Å². The van der Waals surface area contributed by atoms with E-state index in [4.69, 9.17) is 0 Å². The second kappa shape index (κ2) is 12.5. The van der Waals surface area contributed by atoms with Gasteiger partial charge < -0.3 is 9.80 Å². The number of fused-ring (bicyclic) bond motifs is 7. The molecule has 246 valence electrons. The zero-order valence-corrected chi connectivity index (χ0v) is 30.1. The van der Waals surface area contributed by atoms with Crippen molar-refractivity contribution in [2.45, 2.75) is 27.7 Å². The second-order valence-corrected chi connectivity index (χ2v) is 14.7. The Morgan fingerprint density at radius 1 is 0.333 bits per heavy atom. The minimum Gasteiger partial charge on any atom is -0.310 e. The van der Waals surface area contributed by atoms with Crippen molar-refractivity contribution in [3.63, 3.8) is 0 Å². The number of nitrogens with zero attached hydrogens (tertiary/aromatic N) is 2. The molecular formula is C48H38N2S. The number of hydrogen-bond acceptors (Lipinski definition) is 3. The summed E-state index contributed by atoms with van der Waals surface area (Å²) in [5, 5.41) is 7.58. The maximum absolute atomic E-state index is 2.46. The Labute approximate surface area is 303 Å². The molecule has 9 rings (SSSR count). The molecule has 0 aliphatic carbocycles. The van der Waals surface area contributed by atoms with Gasteiger partial charge in [0.2, 0.25) is 0 Å². The first-order valence-corrected chi connectivity index (χ1v) is 18.4. The zero-order chi connectivity index (χ0) is 34.6. The summed E-state index contributed by atoms with van der Waals surface area (Å²) in [5.74, 6) is 0. The van der Waals surface area contributed by atoms with Crippen molar-refractivity contribution in [3.8, 4) is 0 Å². The van der Waals surface area contributed by atoms with Crippen LogP contribution in [0.1, 0.15) is 22.3 Å². The quantitative estimate of drug-likeness (QED) is 0.173. The van der Waals surface area contributed by atoms with E-state index in [1.165, 1.54) is 86.7 Å². The first-order valence-electron chi connectivity index (χ1n) is 17.6. The maximum atomic E-state index is 2.46. The molecule has 0 saturated carbocycles. The predicted molar refractivity (Wildman–Crippen MR) is 223 cm³/mol. The molecule has 3 heteroatoms. The molecule has 0 N–H and O–H groups in total. The lowest BCUT2D eigenvalue weighted by Crippen LogP contribution is -2.12. The van der Waals surface area contributed by atoms with Crippen molar-refractivity contribution in [1.29, 1.82) is 0 Å². The van der Waals surface area contributed by atoms with Crippen LogP contribution in [0.5, 0.6) is 0 Å². The Morgan fingerprint density at radius 3 is 1.14 bits per heavy atom. The monoisotopic (exact) mass is 674 g/mol. The Hall–Kier alpha value is -5.90. The number of anilines is 6. The summed E-state index contributed by atoms with van der Waals surface area (Å²) in [7, 11) is 0. The Kier molecular flexibility index (Phi) is 7.60. The van der Waals surface area contributed by atoms with Crippen molar-refractivity contribution < 1.29 is 0 Å². The predicted octanol–water partition coefficient (Wildman–Crippen LogP) is 14.5. The fourth-order valence-corrected chi connectivity index (χ4v) is 9.07. The van der Waals surface area contributed by atoms with Crippen LogP contribution < -0.4 is 9.80 Å². The normalized spacial score (nSPS) is 11.5. The summed E-state index contributed by atoms with van der Waals surface area (Å²) in [6, 6.07) is 58.0. The van der Waals surface area contributed by atoms with Gasteiger partial charge in [0.15, 0.2) is 0 Å². The lowest BCUT2D eigenvalue weighted by Gasteiger charge is -2.29. The first kappa shape index (κ1) is 31.1. The summed E-state index contributed by atoms with van der Waals surface area (Å²) in [6.45, 7) is 8.77. The first-order chi connectivity index (χ1) is 25.0. The molecule has 51 heavy (non-hydrogen) atoms. The van der Waals surface area contributed by atoms with Crippen LogP contribution in [0.15, 0.2) is 158 Å². The van der Waals surface area contributed by atoms with Crippen LogP contribution in [0.2, 0.25) is 0 Å². The smallest absolute Gasteiger partial charge is 0.0547 e. The Bertz CT molecular complexity index is 2580. The summed E-state index contributed by atoms with van der Waals surface area (Å²) in [5.41, 5.74) is 12.0. The number of rotatable bonds is 6. The van der Waals surface area contributed by atoms with E-state index in [1.807, 2.05) is 11.3 Å². The van der Waals surface area contributed by atoms with Gasteiger partial charge in [-0.1, -0.05) is 109 Å². The second-order valence-electron chi connectivity index (χ2n) is 13.7. The molecule has 0 aliphatic rings. The molecule has 0 atom stereocenters. The zero-order valence-electron chi connectivity index (χ0n) is 29.3. The lowest BCUT2D eigenvalue weighted by atomic mass is 9.98. The summed E-state index contributed by atoms with van der Waals surface area (Å²) >= 11 is 1.92. The van der Waals surface area contributed by atoms with Gasteiger partial charge in [-0.2, -0.15) is 0 Å². The van der Waals surface area contributed by atoms with Crippen LogP contribution >= 0.6 is 11.3 Å². The topological polar surface area (TPSA) is 6.48 Å². The molecule has 1 heterocycles. The van der Waals surface area contributed by atoms with Gasteiger partial charge in [0.1, 0.15) is 0 Å². The molecule has 0 radical (unpaired) electrons. The van der Waals surface area contributed by atoms with Gasteiger partial charge in [-0.05, 0) is 98.5 Å². The van der Waals surface area contributed by atoms with Gasteiger partial charge in [-0.3, -0.25) is 0 Å². The molecule has 0 saturated heterocycles. The van der Waals surface area contributed by atoms with Crippen molar-refractivity contribution >= 4 is 87.2 Å². The molecule has 0 aliphatic heterocycles. The van der Waals surface area contributed by atoms with E-state index >= 15 is 0 Å². The third-order valence-electron chi connectivity index (χ3n) is 10.2. The van der Waals surface area contributed by atoms with Crippen molar-refractivity contribution in [2.75, 3.05) is 9.80 Å². The third-order valence-corrected chi connectivity index (χ3v) is 11.4. The summed E-state index contributed by atoms with van der Waals surface area (Å²) in [4.78, 5) is 4.92. The van der Waals surface area contributed by atoms with Crippen LogP contribution in [0.25, 0.3) is 41.7 Å². The van der Waals surface area contributed by atoms with Gasteiger partial charge in [-0.25, -0.2) is 0 Å². The number of benzene rings is 8. The van der Waals surface area contributed by atoms with E-state index in [1.54, 1.807) is 0 Å². The summed E-state index contributed by atoms with van der Waals surface area (Å²) < 4.78 is 2.64. The van der Waals surface area contributed by atoms with Crippen molar-refractivity contribution in [3.05, 3.63) is 180 Å². The molecule has 1 aromatic heterocycles. The molecule has 0 bridgehead atoms. The van der Waals surface area contributed by atoms with E-state index < -0.39 is 0 Å². The highest BCUT2D eigenvalue weighted by Gasteiger charge is 2.24. The maximum Gasteiger partial charge on any atom is 0.0547 e. The average Bonchev–Trinajstić information content (AvgIpc) is 3.52. The number of thiophene rings is 1. The largest absolute Gasteiger partial charge is 0.310 e. The molecular weight excluding hydrogens is 637 g/mol.